The minimum absolute atomic E-state index is 0.0821. The van der Waals surface area contributed by atoms with Gasteiger partial charge in [-0.25, -0.2) is 8.78 Å². The van der Waals surface area contributed by atoms with E-state index in [1.165, 1.54) is 0 Å². The number of hydrogen-bond donors (Lipinski definition) is 1. The van der Waals surface area contributed by atoms with Crippen LogP contribution in [0.15, 0.2) is 36.4 Å². The van der Waals surface area contributed by atoms with Crippen molar-refractivity contribution in [3.63, 3.8) is 0 Å². The molecule has 102 valence electrons. The van der Waals surface area contributed by atoms with Crippen LogP contribution in [0.4, 0.5) is 8.78 Å². The van der Waals surface area contributed by atoms with E-state index in [0.717, 1.165) is 12.1 Å². The second kappa shape index (κ2) is 3.85. The molecule has 1 aliphatic rings. The topological polar surface area (TPSA) is 49.9 Å². The van der Waals surface area contributed by atoms with E-state index in [9.17, 15) is 18.4 Å². The number of aromatic amines is 1. The molecule has 0 atom stereocenters. The summed E-state index contributed by atoms with van der Waals surface area (Å²) in [6.45, 7) is 0. The number of fused-ring (bicyclic) bond motifs is 4. The summed E-state index contributed by atoms with van der Waals surface area (Å²) in [5.74, 6) is -2.79. The Kier molecular flexibility index (Phi) is 2.19. The second-order valence-corrected chi connectivity index (χ2v) is 4.89. The monoisotopic (exact) mass is 283 g/mol. The van der Waals surface area contributed by atoms with E-state index in [1.54, 1.807) is 24.3 Å². The molecule has 21 heavy (non-hydrogen) atoms. The molecular formula is C16H7F2NO2. The molecule has 2 aromatic carbocycles. The quantitative estimate of drug-likeness (QED) is 0.538. The summed E-state index contributed by atoms with van der Waals surface area (Å²) in [5, 5.41) is 0.219. The van der Waals surface area contributed by atoms with Crippen molar-refractivity contribution < 1.29 is 18.4 Å². The Morgan fingerprint density at radius 3 is 2.19 bits per heavy atom. The van der Waals surface area contributed by atoms with Crippen LogP contribution >= 0.6 is 0 Å². The van der Waals surface area contributed by atoms with E-state index in [4.69, 9.17) is 0 Å². The van der Waals surface area contributed by atoms with Crippen molar-refractivity contribution in [1.82, 2.24) is 4.98 Å². The molecule has 3 nitrogen and oxygen atoms in total. The number of nitrogens with one attached hydrogen (secondary N) is 1. The lowest BCUT2D eigenvalue weighted by molar-refractivity contribution is 0.0978. The van der Waals surface area contributed by atoms with Crippen LogP contribution < -0.4 is 0 Å². The number of H-pyrrole nitrogens is 1. The van der Waals surface area contributed by atoms with Gasteiger partial charge in [0.2, 0.25) is 5.78 Å². The van der Waals surface area contributed by atoms with Gasteiger partial charge in [-0.15, -0.1) is 0 Å². The maximum Gasteiger partial charge on any atom is 0.210 e. The first-order chi connectivity index (χ1) is 10.1. The first-order valence-corrected chi connectivity index (χ1v) is 6.27. The number of hydrogen-bond acceptors (Lipinski definition) is 2. The van der Waals surface area contributed by atoms with Gasteiger partial charge in [0, 0.05) is 28.1 Å². The Morgan fingerprint density at radius 1 is 0.857 bits per heavy atom. The molecule has 1 N–H and O–H groups in total. The van der Waals surface area contributed by atoms with E-state index in [0.29, 0.717) is 5.56 Å². The summed E-state index contributed by atoms with van der Waals surface area (Å²) in [7, 11) is 0. The van der Waals surface area contributed by atoms with Gasteiger partial charge in [-0.3, -0.25) is 9.59 Å². The average molecular weight is 283 g/mol. The molecule has 0 spiro atoms. The van der Waals surface area contributed by atoms with Crippen molar-refractivity contribution in [1.29, 1.82) is 0 Å². The highest BCUT2D eigenvalue weighted by Gasteiger charge is 2.33. The van der Waals surface area contributed by atoms with Crippen molar-refractivity contribution in [3.05, 3.63) is 70.4 Å². The summed E-state index contributed by atoms with van der Waals surface area (Å²) in [5.41, 5.74) is 0.989. The fraction of sp³-hybridized carbons (Fsp3) is 0. The highest BCUT2D eigenvalue weighted by Crippen LogP contribution is 2.33. The van der Waals surface area contributed by atoms with E-state index >= 15 is 0 Å². The highest BCUT2D eigenvalue weighted by molar-refractivity contribution is 6.32. The standard InChI is InChI=1S/C16H7F2NO2/c17-10-5-9-12(6-11(10)18)19-14-13(9)15(20)7-3-1-2-4-8(7)16(14)21/h1-6,19H. The zero-order valence-electron chi connectivity index (χ0n) is 10.5. The summed E-state index contributed by atoms with van der Waals surface area (Å²) in [6.07, 6.45) is 0. The minimum Gasteiger partial charge on any atom is -0.351 e. The van der Waals surface area contributed by atoms with Gasteiger partial charge in [0.25, 0.3) is 0 Å². The molecular weight excluding hydrogens is 276 g/mol. The number of benzene rings is 2. The third-order valence-corrected chi connectivity index (χ3v) is 3.71. The van der Waals surface area contributed by atoms with Crippen molar-refractivity contribution in [2.45, 2.75) is 0 Å². The van der Waals surface area contributed by atoms with Crippen molar-refractivity contribution in [2.75, 3.05) is 0 Å². The molecule has 0 radical (unpaired) electrons. The number of rotatable bonds is 0. The van der Waals surface area contributed by atoms with E-state index in [2.05, 4.69) is 4.98 Å². The third-order valence-electron chi connectivity index (χ3n) is 3.71. The van der Waals surface area contributed by atoms with Crippen molar-refractivity contribution >= 4 is 22.5 Å². The Bertz CT molecular complexity index is 956. The van der Waals surface area contributed by atoms with Gasteiger partial charge < -0.3 is 4.98 Å². The smallest absolute Gasteiger partial charge is 0.210 e. The lowest BCUT2D eigenvalue weighted by atomic mass is 9.87. The van der Waals surface area contributed by atoms with Gasteiger partial charge in [0.1, 0.15) is 0 Å². The zero-order chi connectivity index (χ0) is 14.7. The Balaban J connectivity index is 2.11. The van der Waals surface area contributed by atoms with Crippen molar-refractivity contribution in [2.24, 2.45) is 0 Å². The zero-order valence-corrected chi connectivity index (χ0v) is 10.5. The van der Waals surface area contributed by atoms with E-state index < -0.39 is 11.6 Å². The van der Waals surface area contributed by atoms with Gasteiger partial charge in [-0.1, -0.05) is 24.3 Å². The largest absolute Gasteiger partial charge is 0.351 e. The summed E-state index contributed by atoms with van der Waals surface area (Å²) in [4.78, 5) is 27.7. The molecule has 4 rings (SSSR count). The maximum atomic E-state index is 13.4. The Labute approximate surface area is 117 Å². The second-order valence-electron chi connectivity index (χ2n) is 4.89. The number of carbonyl (C=O) groups excluding carboxylic acids is 2. The van der Waals surface area contributed by atoms with E-state index in [-0.39, 0.29) is 39.3 Å². The van der Waals surface area contributed by atoms with Gasteiger partial charge in [-0.05, 0) is 6.07 Å². The van der Waals surface area contributed by atoms with Crippen LogP contribution in [-0.2, 0) is 0 Å². The molecule has 5 heteroatoms. The van der Waals surface area contributed by atoms with Crippen LogP contribution in [0.5, 0.6) is 0 Å². The SMILES string of the molecule is O=C1c2ccccc2C(=O)c2c1[nH]c1cc(F)c(F)cc21. The Hall–Kier alpha value is -2.82. The first-order valence-electron chi connectivity index (χ1n) is 6.27. The molecule has 0 aliphatic heterocycles. The number of aromatic nitrogens is 1. The predicted molar refractivity (Wildman–Crippen MR) is 71.5 cm³/mol. The molecule has 1 aliphatic carbocycles. The number of carbonyl (C=O) groups is 2. The summed E-state index contributed by atoms with van der Waals surface area (Å²) >= 11 is 0. The van der Waals surface area contributed by atoms with Gasteiger partial charge in [0.05, 0.1) is 11.3 Å². The van der Waals surface area contributed by atoms with Gasteiger partial charge in [-0.2, -0.15) is 0 Å². The molecule has 0 saturated heterocycles. The minimum atomic E-state index is -1.05. The van der Waals surface area contributed by atoms with Crippen LogP contribution in [0.2, 0.25) is 0 Å². The fourth-order valence-corrected chi connectivity index (χ4v) is 2.74. The molecule has 0 fully saturated rings. The predicted octanol–water partition coefficient (Wildman–Crippen LogP) is 3.22. The molecule has 0 amide bonds. The van der Waals surface area contributed by atoms with Crippen LogP contribution in [0.1, 0.15) is 32.0 Å². The summed E-state index contributed by atoms with van der Waals surface area (Å²) < 4.78 is 26.7. The maximum absolute atomic E-state index is 13.4. The lowest BCUT2D eigenvalue weighted by Crippen LogP contribution is -2.20. The molecule has 1 heterocycles. The molecule has 3 aromatic rings. The fourth-order valence-electron chi connectivity index (χ4n) is 2.74. The van der Waals surface area contributed by atoms with Gasteiger partial charge >= 0.3 is 0 Å². The molecule has 0 saturated carbocycles. The molecule has 0 bridgehead atoms. The number of ketones is 2. The van der Waals surface area contributed by atoms with Crippen LogP contribution in [0, 0.1) is 11.6 Å². The number of halogens is 2. The first kappa shape index (κ1) is 12.0. The van der Waals surface area contributed by atoms with Crippen LogP contribution in [-0.4, -0.2) is 16.6 Å². The molecule has 0 unspecified atom stereocenters. The van der Waals surface area contributed by atoms with Crippen molar-refractivity contribution in [3.8, 4) is 0 Å². The lowest BCUT2D eigenvalue weighted by Gasteiger charge is -2.13. The average Bonchev–Trinajstić information content (AvgIpc) is 2.84. The van der Waals surface area contributed by atoms with Gasteiger partial charge in [0.15, 0.2) is 17.4 Å². The van der Waals surface area contributed by atoms with Crippen LogP contribution in [0.3, 0.4) is 0 Å². The highest BCUT2D eigenvalue weighted by atomic mass is 19.2. The third kappa shape index (κ3) is 1.45. The van der Waals surface area contributed by atoms with Crippen LogP contribution in [0.25, 0.3) is 10.9 Å². The normalized spacial score (nSPS) is 13.4. The summed E-state index contributed by atoms with van der Waals surface area (Å²) in [6, 6.07) is 8.33. The molecule has 1 aromatic heterocycles. The van der Waals surface area contributed by atoms with E-state index in [1.807, 2.05) is 0 Å². The Morgan fingerprint density at radius 2 is 1.48 bits per heavy atom.